The second-order valence-corrected chi connectivity index (χ2v) is 4.77. The molecule has 106 valence electrons. The molecule has 2 rings (SSSR count). The predicted molar refractivity (Wildman–Crippen MR) is 85.8 cm³/mol. The largest absolute Gasteiger partial charge is 0.351 e. The molecule has 0 atom stereocenters. The molecule has 2 aromatic carbocycles. The molecule has 0 saturated heterocycles. The highest BCUT2D eigenvalue weighted by Gasteiger charge is 2.06. The number of nitriles is 1. The van der Waals surface area contributed by atoms with E-state index >= 15 is 0 Å². The van der Waals surface area contributed by atoms with Crippen LogP contribution >= 0.6 is 11.6 Å². The van der Waals surface area contributed by atoms with Crippen LogP contribution in [-0.2, 0) is 6.54 Å². The Labute approximate surface area is 129 Å². The van der Waals surface area contributed by atoms with Gasteiger partial charge in [0.15, 0.2) is 6.19 Å². The molecule has 2 N–H and O–H groups in total. The fraction of sp³-hybridized carbons (Fsp3) is 0.125. The minimum atomic E-state index is 0.443. The zero-order valence-electron chi connectivity index (χ0n) is 11.6. The van der Waals surface area contributed by atoms with Crippen molar-refractivity contribution in [3.8, 4) is 17.3 Å². The van der Waals surface area contributed by atoms with Crippen LogP contribution in [0.2, 0.25) is 5.02 Å². The van der Waals surface area contributed by atoms with Crippen LogP contribution in [0.25, 0.3) is 11.1 Å². The Hall–Kier alpha value is -2.51. The third-order valence-electron chi connectivity index (χ3n) is 3.00. The number of rotatable bonds is 3. The Morgan fingerprint density at radius 1 is 1.24 bits per heavy atom. The van der Waals surface area contributed by atoms with Gasteiger partial charge in [-0.25, -0.2) is 0 Å². The molecule has 0 aliphatic rings. The Bertz CT molecular complexity index is 689. The summed E-state index contributed by atoms with van der Waals surface area (Å²) in [4.78, 5) is 3.96. The van der Waals surface area contributed by atoms with Crippen LogP contribution in [0.15, 0.2) is 53.5 Å². The molecule has 0 fully saturated rings. The van der Waals surface area contributed by atoms with E-state index in [1.807, 2.05) is 54.7 Å². The van der Waals surface area contributed by atoms with E-state index in [0.29, 0.717) is 17.5 Å². The number of nitrogens with one attached hydrogen (secondary N) is 2. The van der Waals surface area contributed by atoms with Crippen molar-refractivity contribution < 1.29 is 0 Å². The number of benzene rings is 2. The molecular weight excluding hydrogens is 284 g/mol. The van der Waals surface area contributed by atoms with Crippen molar-refractivity contribution in [3.05, 3.63) is 59.1 Å². The third kappa shape index (κ3) is 3.98. The van der Waals surface area contributed by atoms with Crippen molar-refractivity contribution >= 4 is 17.6 Å². The normalized spacial score (nSPS) is 10.8. The van der Waals surface area contributed by atoms with Gasteiger partial charge in [0, 0.05) is 18.6 Å². The standard InChI is InChI=1S/C16H15ClN4/c1-19-16(21-11-18)20-10-13-5-2-3-8-15(13)12-6-4-7-14(17)9-12/h2-9H,10H2,1H3,(H2,19,20,21). The summed E-state index contributed by atoms with van der Waals surface area (Å²) in [5.74, 6) is 0.443. The molecule has 0 aliphatic carbocycles. The van der Waals surface area contributed by atoms with Gasteiger partial charge in [0.05, 0.1) is 0 Å². The monoisotopic (exact) mass is 298 g/mol. The van der Waals surface area contributed by atoms with Crippen LogP contribution in [-0.4, -0.2) is 13.0 Å². The summed E-state index contributed by atoms with van der Waals surface area (Å²) in [6, 6.07) is 15.8. The number of halogens is 1. The van der Waals surface area contributed by atoms with Crippen LogP contribution in [0, 0.1) is 11.5 Å². The second-order valence-electron chi connectivity index (χ2n) is 4.33. The fourth-order valence-corrected chi connectivity index (χ4v) is 2.21. The lowest BCUT2D eigenvalue weighted by molar-refractivity contribution is 0.881. The van der Waals surface area contributed by atoms with Gasteiger partial charge in [-0.05, 0) is 28.8 Å². The van der Waals surface area contributed by atoms with Crippen molar-refractivity contribution in [1.82, 2.24) is 10.6 Å². The smallest absolute Gasteiger partial charge is 0.204 e. The summed E-state index contributed by atoms with van der Waals surface area (Å²) in [6.07, 6.45) is 1.85. The van der Waals surface area contributed by atoms with Crippen LogP contribution in [0.4, 0.5) is 0 Å². The van der Waals surface area contributed by atoms with E-state index in [-0.39, 0.29) is 0 Å². The van der Waals surface area contributed by atoms with E-state index in [1.165, 1.54) is 0 Å². The first-order valence-corrected chi connectivity index (χ1v) is 6.82. The molecule has 21 heavy (non-hydrogen) atoms. The van der Waals surface area contributed by atoms with Gasteiger partial charge in [0.1, 0.15) is 0 Å². The van der Waals surface area contributed by atoms with E-state index in [9.17, 15) is 0 Å². The summed E-state index contributed by atoms with van der Waals surface area (Å²) >= 11 is 6.06. The van der Waals surface area contributed by atoms with Gasteiger partial charge in [0.2, 0.25) is 5.96 Å². The van der Waals surface area contributed by atoms with E-state index < -0.39 is 0 Å². The Balaban J connectivity index is 2.24. The van der Waals surface area contributed by atoms with Gasteiger partial charge in [0.25, 0.3) is 0 Å². The van der Waals surface area contributed by atoms with Crippen LogP contribution in [0.5, 0.6) is 0 Å². The zero-order valence-corrected chi connectivity index (χ0v) is 12.4. The lowest BCUT2D eigenvalue weighted by atomic mass is 10.00. The molecule has 0 aromatic heterocycles. The van der Waals surface area contributed by atoms with E-state index in [0.717, 1.165) is 16.7 Å². The van der Waals surface area contributed by atoms with Gasteiger partial charge in [-0.15, -0.1) is 0 Å². The highest BCUT2D eigenvalue weighted by atomic mass is 35.5. The molecule has 0 saturated carbocycles. The Kier molecular flexibility index (Phi) is 5.19. The Morgan fingerprint density at radius 2 is 2.05 bits per heavy atom. The average molecular weight is 299 g/mol. The molecule has 0 spiro atoms. The third-order valence-corrected chi connectivity index (χ3v) is 3.23. The molecule has 0 aliphatic heterocycles. The number of hydrogen-bond acceptors (Lipinski definition) is 2. The van der Waals surface area contributed by atoms with Gasteiger partial charge < -0.3 is 5.32 Å². The van der Waals surface area contributed by atoms with Crippen molar-refractivity contribution in [2.75, 3.05) is 7.05 Å². The van der Waals surface area contributed by atoms with Gasteiger partial charge in [-0.1, -0.05) is 48.0 Å². The summed E-state index contributed by atoms with van der Waals surface area (Å²) in [5.41, 5.74) is 3.25. The molecule has 0 amide bonds. The second kappa shape index (κ2) is 7.32. The molecule has 0 unspecified atom stereocenters. The molecule has 0 radical (unpaired) electrons. The highest BCUT2D eigenvalue weighted by molar-refractivity contribution is 6.30. The van der Waals surface area contributed by atoms with E-state index in [1.54, 1.807) is 7.05 Å². The van der Waals surface area contributed by atoms with Crippen LogP contribution < -0.4 is 10.6 Å². The maximum absolute atomic E-state index is 8.63. The molecule has 0 bridgehead atoms. The fourth-order valence-electron chi connectivity index (χ4n) is 2.02. The number of aliphatic imine (C=N–C) groups is 1. The molecular formula is C16H15ClN4. The lowest BCUT2D eigenvalue weighted by Crippen LogP contribution is -2.33. The first-order chi connectivity index (χ1) is 10.2. The topological polar surface area (TPSA) is 60.2 Å². The van der Waals surface area contributed by atoms with Gasteiger partial charge >= 0.3 is 0 Å². The van der Waals surface area contributed by atoms with Crippen molar-refractivity contribution in [1.29, 1.82) is 5.26 Å². The number of nitrogens with zero attached hydrogens (tertiary/aromatic N) is 2. The molecule has 2 aromatic rings. The minimum Gasteiger partial charge on any atom is -0.351 e. The first kappa shape index (κ1) is 14.9. The predicted octanol–water partition coefficient (Wildman–Crippen LogP) is 3.15. The lowest BCUT2D eigenvalue weighted by Gasteiger charge is -2.12. The van der Waals surface area contributed by atoms with Crippen LogP contribution in [0.1, 0.15) is 5.56 Å². The maximum atomic E-state index is 8.63. The number of guanidine groups is 1. The summed E-state index contributed by atoms with van der Waals surface area (Å²) in [6.45, 7) is 0.560. The van der Waals surface area contributed by atoms with Crippen molar-refractivity contribution in [2.24, 2.45) is 4.99 Å². The van der Waals surface area contributed by atoms with Gasteiger partial charge in [-0.2, -0.15) is 5.26 Å². The average Bonchev–Trinajstić information content (AvgIpc) is 2.51. The summed E-state index contributed by atoms with van der Waals surface area (Å²) in [7, 11) is 1.62. The SMILES string of the molecule is CN=C(NC#N)NCc1ccccc1-c1cccc(Cl)c1. The van der Waals surface area contributed by atoms with Crippen LogP contribution in [0.3, 0.4) is 0 Å². The van der Waals surface area contributed by atoms with Gasteiger partial charge in [-0.3, -0.25) is 10.3 Å². The maximum Gasteiger partial charge on any atom is 0.204 e. The molecule has 4 nitrogen and oxygen atoms in total. The van der Waals surface area contributed by atoms with E-state index in [4.69, 9.17) is 16.9 Å². The summed E-state index contributed by atoms with van der Waals surface area (Å²) < 4.78 is 0. The van der Waals surface area contributed by atoms with Crippen molar-refractivity contribution in [3.63, 3.8) is 0 Å². The minimum absolute atomic E-state index is 0.443. The molecule has 5 heteroatoms. The first-order valence-electron chi connectivity index (χ1n) is 6.44. The highest BCUT2D eigenvalue weighted by Crippen LogP contribution is 2.25. The number of hydrogen-bond donors (Lipinski definition) is 2. The summed E-state index contributed by atoms with van der Waals surface area (Å²) in [5, 5.41) is 14.9. The zero-order chi connectivity index (χ0) is 15.1. The Morgan fingerprint density at radius 3 is 2.76 bits per heavy atom. The quantitative estimate of drug-likeness (QED) is 0.396. The molecule has 0 heterocycles. The van der Waals surface area contributed by atoms with E-state index in [2.05, 4.69) is 15.6 Å². The van der Waals surface area contributed by atoms with Crippen molar-refractivity contribution in [2.45, 2.75) is 6.54 Å².